The molecule has 0 N–H and O–H groups in total. The maximum Gasteiger partial charge on any atom is 0.178 e. The highest BCUT2D eigenvalue weighted by Crippen LogP contribution is 2.28. The number of aromatic nitrogens is 1. The summed E-state index contributed by atoms with van der Waals surface area (Å²) in [6, 6.07) is 6.84. The van der Waals surface area contributed by atoms with Crippen molar-refractivity contribution in [1.82, 2.24) is 9.47 Å². The molecule has 2 aromatic rings. The zero-order valence-electron chi connectivity index (χ0n) is 13.2. The number of carbonyl (C=O) groups is 1. The smallest absolute Gasteiger partial charge is 0.178 e. The molecule has 0 bridgehead atoms. The predicted molar refractivity (Wildman–Crippen MR) is 87.8 cm³/mol. The number of Topliss-reactive ketones (excluding diaryl/α,β-unsaturated/α-hetero) is 1. The lowest BCUT2D eigenvalue weighted by atomic mass is 9.98. The van der Waals surface area contributed by atoms with E-state index in [1.165, 1.54) is 25.3 Å². The van der Waals surface area contributed by atoms with Crippen molar-refractivity contribution in [3.63, 3.8) is 0 Å². The van der Waals surface area contributed by atoms with Crippen LogP contribution in [0.4, 0.5) is 4.39 Å². The van der Waals surface area contributed by atoms with Crippen LogP contribution in [0.5, 0.6) is 0 Å². The Kier molecular flexibility index (Phi) is 3.77. The maximum absolute atomic E-state index is 13.4. The first-order chi connectivity index (χ1) is 11.2. The van der Waals surface area contributed by atoms with E-state index in [4.69, 9.17) is 0 Å². The van der Waals surface area contributed by atoms with Crippen molar-refractivity contribution < 1.29 is 9.18 Å². The topological polar surface area (TPSA) is 25.2 Å². The molecule has 1 fully saturated rings. The Balaban J connectivity index is 1.60. The molecule has 2 aliphatic rings. The van der Waals surface area contributed by atoms with Crippen LogP contribution in [0, 0.1) is 5.82 Å². The average molecular weight is 312 g/mol. The highest BCUT2D eigenvalue weighted by atomic mass is 19.1. The molecule has 3 heterocycles. The quantitative estimate of drug-likeness (QED) is 0.812. The Labute approximate surface area is 135 Å². The van der Waals surface area contributed by atoms with Crippen LogP contribution in [0.25, 0.3) is 5.69 Å². The largest absolute Gasteiger partial charge is 0.320 e. The molecule has 1 saturated heterocycles. The van der Waals surface area contributed by atoms with Crippen LogP contribution in [0.2, 0.25) is 0 Å². The number of rotatable bonds is 3. The summed E-state index contributed by atoms with van der Waals surface area (Å²) >= 11 is 0. The normalized spacial score (nSPS) is 17.6. The number of halogens is 1. The Morgan fingerprint density at radius 3 is 2.74 bits per heavy atom. The number of aryl methyl sites for hydroxylation is 1. The number of fused-ring (bicyclic) bond motifs is 3. The molecule has 23 heavy (non-hydrogen) atoms. The Bertz CT molecular complexity index is 744. The van der Waals surface area contributed by atoms with Gasteiger partial charge in [0.15, 0.2) is 5.78 Å². The standard InChI is InChI=1S/C19H21FN2O/c20-15-5-7-17-14(12-15)4-6-18-16(8-11-22(17)18)19(23)13-21-9-2-1-3-10-21/h5,7-8,11-12H,1-4,6,9-10,13H2. The van der Waals surface area contributed by atoms with Gasteiger partial charge in [-0.15, -0.1) is 0 Å². The fourth-order valence-corrected chi connectivity index (χ4v) is 3.85. The molecule has 2 aliphatic heterocycles. The summed E-state index contributed by atoms with van der Waals surface area (Å²) in [6.07, 6.45) is 7.21. The zero-order valence-corrected chi connectivity index (χ0v) is 13.2. The van der Waals surface area contributed by atoms with E-state index in [0.717, 1.165) is 48.4 Å². The van der Waals surface area contributed by atoms with Gasteiger partial charge in [-0.3, -0.25) is 9.69 Å². The maximum atomic E-state index is 13.4. The number of ketones is 1. The third-order valence-electron chi connectivity index (χ3n) is 5.04. The summed E-state index contributed by atoms with van der Waals surface area (Å²) in [4.78, 5) is 15.0. The lowest BCUT2D eigenvalue weighted by Gasteiger charge is -2.26. The monoisotopic (exact) mass is 312 g/mol. The fourth-order valence-electron chi connectivity index (χ4n) is 3.85. The molecule has 0 spiro atoms. The van der Waals surface area contributed by atoms with Crippen molar-refractivity contribution in [3.8, 4) is 5.69 Å². The number of piperidine rings is 1. The molecule has 0 radical (unpaired) electrons. The number of hydrogen-bond donors (Lipinski definition) is 0. The van der Waals surface area contributed by atoms with Crippen molar-refractivity contribution in [2.45, 2.75) is 32.1 Å². The first-order valence-corrected chi connectivity index (χ1v) is 8.47. The first kappa shape index (κ1) is 14.6. The molecule has 1 aromatic heterocycles. The van der Waals surface area contributed by atoms with Gasteiger partial charge in [-0.2, -0.15) is 0 Å². The first-order valence-electron chi connectivity index (χ1n) is 8.47. The summed E-state index contributed by atoms with van der Waals surface area (Å²) in [7, 11) is 0. The van der Waals surface area contributed by atoms with Crippen LogP contribution in [-0.4, -0.2) is 34.9 Å². The third kappa shape index (κ3) is 2.72. The number of nitrogens with zero attached hydrogens (tertiary/aromatic N) is 2. The van der Waals surface area contributed by atoms with E-state index in [2.05, 4.69) is 9.47 Å². The van der Waals surface area contributed by atoms with E-state index in [0.29, 0.717) is 6.54 Å². The van der Waals surface area contributed by atoms with Crippen LogP contribution in [0.15, 0.2) is 30.5 Å². The van der Waals surface area contributed by atoms with Crippen molar-refractivity contribution in [1.29, 1.82) is 0 Å². The predicted octanol–water partition coefficient (Wildman–Crippen LogP) is 3.38. The second kappa shape index (κ2) is 5.93. The second-order valence-corrected chi connectivity index (χ2v) is 6.58. The fraction of sp³-hybridized carbons (Fsp3) is 0.421. The van der Waals surface area contributed by atoms with Gasteiger partial charge in [-0.1, -0.05) is 6.42 Å². The van der Waals surface area contributed by atoms with E-state index in [9.17, 15) is 9.18 Å². The SMILES string of the molecule is O=C(CN1CCCCC1)c1ccn2c1CCc1cc(F)ccc1-2. The van der Waals surface area contributed by atoms with Crippen molar-refractivity contribution in [3.05, 3.63) is 53.1 Å². The molecular formula is C19H21FN2O. The molecule has 0 aliphatic carbocycles. The molecular weight excluding hydrogens is 291 g/mol. The van der Waals surface area contributed by atoms with Gasteiger partial charge >= 0.3 is 0 Å². The van der Waals surface area contributed by atoms with Crippen LogP contribution < -0.4 is 0 Å². The van der Waals surface area contributed by atoms with Gasteiger partial charge in [0.25, 0.3) is 0 Å². The molecule has 4 rings (SSSR count). The zero-order chi connectivity index (χ0) is 15.8. The number of likely N-dealkylation sites (tertiary alicyclic amines) is 1. The summed E-state index contributed by atoms with van der Waals surface area (Å²) < 4.78 is 15.5. The van der Waals surface area contributed by atoms with Crippen molar-refractivity contribution in [2.75, 3.05) is 19.6 Å². The molecule has 3 nitrogen and oxygen atoms in total. The minimum absolute atomic E-state index is 0.194. The summed E-state index contributed by atoms with van der Waals surface area (Å²) in [6.45, 7) is 2.58. The number of benzene rings is 1. The van der Waals surface area contributed by atoms with Crippen molar-refractivity contribution in [2.24, 2.45) is 0 Å². The van der Waals surface area contributed by atoms with Gasteiger partial charge in [0.05, 0.1) is 6.54 Å². The van der Waals surface area contributed by atoms with E-state index in [-0.39, 0.29) is 11.6 Å². The highest BCUT2D eigenvalue weighted by Gasteiger charge is 2.23. The van der Waals surface area contributed by atoms with Crippen LogP contribution in [0.1, 0.15) is 40.9 Å². The van der Waals surface area contributed by atoms with E-state index >= 15 is 0 Å². The average Bonchev–Trinajstić information content (AvgIpc) is 3.00. The van der Waals surface area contributed by atoms with E-state index in [1.807, 2.05) is 18.3 Å². The Morgan fingerprint density at radius 1 is 1.09 bits per heavy atom. The third-order valence-corrected chi connectivity index (χ3v) is 5.04. The number of hydrogen-bond acceptors (Lipinski definition) is 2. The summed E-state index contributed by atoms with van der Waals surface area (Å²) in [5.41, 5.74) is 3.93. The Hall–Kier alpha value is -1.94. The minimum atomic E-state index is -0.194. The van der Waals surface area contributed by atoms with Crippen LogP contribution >= 0.6 is 0 Å². The molecule has 120 valence electrons. The molecule has 4 heteroatoms. The van der Waals surface area contributed by atoms with Gasteiger partial charge in [0, 0.05) is 23.1 Å². The highest BCUT2D eigenvalue weighted by molar-refractivity contribution is 5.99. The molecule has 0 atom stereocenters. The summed E-state index contributed by atoms with van der Waals surface area (Å²) in [5.74, 6) is 0.0203. The second-order valence-electron chi connectivity index (χ2n) is 6.58. The minimum Gasteiger partial charge on any atom is -0.320 e. The lowest BCUT2D eigenvalue weighted by Crippen LogP contribution is -2.34. The Morgan fingerprint density at radius 2 is 1.91 bits per heavy atom. The van der Waals surface area contributed by atoms with Gasteiger partial charge in [0.1, 0.15) is 5.82 Å². The lowest BCUT2D eigenvalue weighted by molar-refractivity contribution is 0.0914. The molecule has 0 amide bonds. The van der Waals surface area contributed by atoms with Gasteiger partial charge in [0.2, 0.25) is 0 Å². The van der Waals surface area contributed by atoms with Gasteiger partial charge in [-0.05, 0) is 68.6 Å². The summed E-state index contributed by atoms with van der Waals surface area (Å²) in [5, 5.41) is 0. The molecule has 0 saturated carbocycles. The van der Waals surface area contributed by atoms with Gasteiger partial charge in [-0.25, -0.2) is 4.39 Å². The van der Waals surface area contributed by atoms with E-state index < -0.39 is 0 Å². The number of carbonyl (C=O) groups excluding carboxylic acids is 1. The van der Waals surface area contributed by atoms with Crippen LogP contribution in [-0.2, 0) is 12.8 Å². The van der Waals surface area contributed by atoms with Crippen molar-refractivity contribution >= 4 is 5.78 Å². The van der Waals surface area contributed by atoms with Gasteiger partial charge < -0.3 is 4.57 Å². The van der Waals surface area contributed by atoms with E-state index in [1.54, 1.807) is 6.07 Å². The molecule has 1 aromatic carbocycles. The van der Waals surface area contributed by atoms with Crippen LogP contribution in [0.3, 0.4) is 0 Å². The molecule has 0 unspecified atom stereocenters.